The molecule has 1 saturated heterocycles. The zero-order chi connectivity index (χ0) is 28.9. The minimum atomic E-state index is -4.38. The van der Waals surface area contributed by atoms with Crippen molar-refractivity contribution < 1.29 is 42.0 Å². The minimum Gasteiger partial charge on any atom is -0.437 e. The van der Waals surface area contributed by atoms with Gasteiger partial charge in [0.1, 0.15) is 17.3 Å². The molecule has 1 aromatic heterocycles. The van der Waals surface area contributed by atoms with E-state index in [0.717, 1.165) is 28.1 Å². The Hall–Kier alpha value is -1.48. The molecule has 38 heavy (non-hydrogen) atoms. The molecule has 16 heteroatoms. The lowest BCUT2D eigenvalue weighted by atomic mass is 9.98. The second kappa shape index (κ2) is 13.2. The van der Waals surface area contributed by atoms with Crippen molar-refractivity contribution in [3.05, 3.63) is 22.7 Å². The normalized spacial score (nSPS) is 23.7. The molecule has 1 unspecified atom stereocenters. The Balaban J connectivity index is 2.05. The Morgan fingerprint density at radius 3 is 2.45 bits per heavy atom. The number of alkyl halides is 1. The first-order chi connectivity index (χ1) is 17.4. The Kier molecular flexibility index (Phi) is 11.4. The molecule has 216 valence electrons. The Bertz CT molecular complexity index is 1090. The summed E-state index contributed by atoms with van der Waals surface area (Å²) in [6, 6.07) is 1.32. The number of thioether (sulfide) groups is 2. The number of aromatic nitrogens is 2. The maximum atomic E-state index is 14.9. The number of carbonyl (C=O) groups excluding carboxylic acids is 2. The van der Waals surface area contributed by atoms with Crippen LogP contribution in [0.1, 0.15) is 46.9 Å². The highest BCUT2D eigenvalue weighted by molar-refractivity contribution is 8.13. The molecule has 0 aliphatic carbocycles. The molecule has 12 nitrogen and oxygen atoms in total. The highest BCUT2D eigenvalue weighted by Gasteiger charge is 2.46. The molecule has 5 atom stereocenters. The van der Waals surface area contributed by atoms with Crippen molar-refractivity contribution in [3.8, 4) is 0 Å². The summed E-state index contributed by atoms with van der Waals surface area (Å²) in [6.07, 6.45) is -2.19. The summed E-state index contributed by atoms with van der Waals surface area (Å²) in [5.74, 6) is -0.519. The smallest absolute Gasteiger partial charge is 0.437 e. The van der Waals surface area contributed by atoms with Crippen LogP contribution >= 0.6 is 31.3 Å². The third-order valence-electron chi connectivity index (χ3n) is 5.01. The van der Waals surface area contributed by atoms with Crippen LogP contribution in [-0.2, 0) is 32.5 Å². The van der Waals surface area contributed by atoms with Crippen LogP contribution in [0.3, 0.4) is 0 Å². The summed E-state index contributed by atoms with van der Waals surface area (Å²) >= 11 is 1.85. The van der Waals surface area contributed by atoms with E-state index < -0.39 is 66.6 Å². The molecule has 3 N–H and O–H groups in total. The van der Waals surface area contributed by atoms with Crippen LogP contribution in [0.5, 0.6) is 0 Å². The van der Waals surface area contributed by atoms with Crippen molar-refractivity contribution in [2.24, 2.45) is 10.8 Å². The number of nitrogens with zero attached hydrogens (tertiary/aromatic N) is 2. The van der Waals surface area contributed by atoms with Crippen molar-refractivity contribution in [3.63, 3.8) is 0 Å². The van der Waals surface area contributed by atoms with Gasteiger partial charge in [0.2, 0.25) is 6.79 Å². The molecule has 0 spiro atoms. The van der Waals surface area contributed by atoms with E-state index in [1.807, 2.05) is 0 Å². The summed E-state index contributed by atoms with van der Waals surface area (Å²) in [5.41, 5.74) is 3.26. The molecule has 0 amide bonds. The molecule has 1 aliphatic rings. The first-order valence-corrected chi connectivity index (χ1v) is 15.0. The summed E-state index contributed by atoms with van der Waals surface area (Å²) in [4.78, 5) is 39.8. The van der Waals surface area contributed by atoms with Gasteiger partial charge in [0.15, 0.2) is 11.3 Å². The van der Waals surface area contributed by atoms with Crippen LogP contribution in [-0.4, -0.2) is 69.0 Å². The minimum absolute atomic E-state index is 0.0325. The molecule has 0 bridgehead atoms. The van der Waals surface area contributed by atoms with Gasteiger partial charge in [0, 0.05) is 17.4 Å². The predicted octanol–water partition coefficient (Wildman–Crippen LogP) is 3.15. The Morgan fingerprint density at radius 2 is 1.87 bits per heavy atom. The van der Waals surface area contributed by atoms with E-state index in [0.29, 0.717) is 0 Å². The molecule has 2 heterocycles. The van der Waals surface area contributed by atoms with Gasteiger partial charge >= 0.3 is 19.5 Å². The summed E-state index contributed by atoms with van der Waals surface area (Å²) in [6.45, 7) is 8.69. The first-order valence-electron chi connectivity index (χ1n) is 11.6. The third kappa shape index (κ3) is 9.32. The molecule has 1 fully saturated rings. The summed E-state index contributed by atoms with van der Waals surface area (Å²) in [7, 11) is -4.38. The molecule has 1 aromatic rings. The summed E-state index contributed by atoms with van der Waals surface area (Å²) < 4.78 is 49.9. The third-order valence-corrected chi connectivity index (χ3v) is 9.17. The number of nitrogens with two attached hydrogens (primary N) is 1. The molecular formula is C22H35FN3O9PS2. The maximum absolute atomic E-state index is 14.9. The van der Waals surface area contributed by atoms with Crippen molar-refractivity contribution in [2.45, 2.75) is 64.4 Å². The monoisotopic (exact) mass is 599 g/mol. The topological polar surface area (TPSA) is 169 Å². The molecule has 0 saturated carbocycles. The number of esters is 1. The van der Waals surface area contributed by atoms with E-state index in [-0.39, 0.29) is 23.3 Å². The SMILES string of the molecule is CC(C)(C)C(=O)OCOP(=O)(OCCSC(=O)C(C)(C)C)OC[C@H]1S[C@@H](n2ccc(N)nc2=O)[C@@H](F)[C@@H]1O. The number of phosphoric acid groups is 1. The number of phosphoric ester groups is 1. The maximum Gasteiger partial charge on any atom is 0.477 e. The van der Waals surface area contributed by atoms with Crippen molar-refractivity contribution in [2.75, 3.05) is 31.5 Å². The number of aliphatic hydroxyl groups excluding tert-OH is 1. The fourth-order valence-electron chi connectivity index (χ4n) is 2.82. The molecule has 2 rings (SSSR count). The first kappa shape index (κ1) is 32.7. The number of hydrogen-bond donors (Lipinski definition) is 2. The van der Waals surface area contributed by atoms with E-state index in [1.54, 1.807) is 41.5 Å². The van der Waals surface area contributed by atoms with Crippen molar-refractivity contribution in [1.29, 1.82) is 0 Å². The highest BCUT2D eigenvalue weighted by Crippen LogP contribution is 2.52. The fourth-order valence-corrected chi connectivity index (χ4v) is 6.31. The van der Waals surface area contributed by atoms with Gasteiger partial charge in [0.25, 0.3) is 0 Å². The van der Waals surface area contributed by atoms with E-state index in [2.05, 4.69) is 4.98 Å². The number of rotatable bonds is 11. The molecule has 0 radical (unpaired) electrons. The Labute approximate surface area is 229 Å². The van der Waals surface area contributed by atoms with Gasteiger partial charge in [-0.05, 0) is 26.8 Å². The van der Waals surface area contributed by atoms with E-state index >= 15 is 0 Å². The molecule has 1 aliphatic heterocycles. The second-order valence-corrected chi connectivity index (χ2v) is 14.5. The zero-order valence-corrected chi connectivity index (χ0v) is 24.6. The van der Waals surface area contributed by atoms with E-state index in [1.165, 1.54) is 12.3 Å². The van der Waals surface area contributed by atoms with Crippen LogP contribution in [0, 0.1) is 10.8 Å². The quantitative estimate of drug-likeness (QED) is 0.165. The number of nitrogen functional groups attached to an aromatic ring is 1. The standard InChI is InChI=1S/C22H35FN3O9PS2/c1-21(2,3)18(28)32-12-35-36(31,33-9-10-37-19(29)22(4,5)6)34-11-13-16(27)15(23)17(38-13)26-8-7-14(24)25-20(26)30/h7-8,13,15-17,27H,9-12H2,1-6H3,(H2,24,25,30)/t13-,15+,16-,17-,36?/m1/s1. The second-order valence-electron chi connectivity index (χ2n) is 10.4. The van der Waals surface area contributed by atoms with Gasteiger partial charge in [-0.25, -0.2) is 18.3 Å². The largest absolute Gasteiger partial charge is 0.477 e. The number of hydrogen-bond acceptors (Lipinski definition) is 13. The summed E-state index contributed by atoms with van der Waals surface area (Å²) in [5, 5.41) is 8.21. The van der Waals surface area contributed by atoms with E-state index in [4.69, 9.17) is 24.0 Å². The fraction of sp³-hybridized carbons (Fsp3) is 0.727. The van der Waals surface area contributed by atoms with Gasteiger partial charge in [-0.1, -0.05) is 32.5 Å². The van der Waals surface area contributed by atoms with Gasteiger partial charge in [-0.2, -0.15) is 4.98 Å². The van der Waals surface area contributed by atoms with Crippen LogP contribution in [0.15, 0.2) is 17.1 Å². The lowest BCUT2D eigenvalue weighted by Crippen LogP contribution is -2.33. The van der Waals surface area contributed by atoms with Gasteiger partial charge in [-0.15, -0.1) is 11.8 Å². The lowest BCUT2D eigenvalue weighted by Gasteiger charge is -2.22. The van der Waals surface area contributed by atoms with Crippen molar-refractivity contribution >= 4 is 48.2 Å². The van der Waals surface area contributed by atoms with E-state index in [9.17, 15) is 28.4 Å². The number of anilines is 1. The lowest BCUT2D eigenvalue weighted by molar-refractivity contribution is -0.160. The predicted molar refractivity (Wildman–Crippen MR) is 142 cm³/mol. The molecule has 0 aromatic carbocycles. The number of carbonyl (C=O) groups is 2. The van der Waals surface area contributed by atoms with Gasteiger partial charge in [-0.3, -0.25) is 23.2 Å². The average Bonchev–Trinajstić information content (AvgIpc) is 3.07. The van der Waals surface area contributed by atoms with Crippen molar-refractivity contribution in [1.82, 2.24) is 9.55 Å². The van der Waals surface area contributed by atoms with Crippen LogP contribution in [0.4, 0.5) is 10.2 Å². The zero-order valence-electron chi connectivity index (χ0n) is 22.1. The average molecular weight is 600 g/mol. The van der Waals surface area contributed by atoms with Crippen LogP contribution < -0.4 is 11.4 Å². The van der Waals surface area contributed by atoms with Gasteiger partial charge in [0.05, 0.1) is 23.9 Å². The number of ether oxygens (including phenoxy) is 1. The number of halogens is 1. The van der Waals surface area contributed by atoms with Crippen LogP contribution in [0.2, 0.25) is 0 Å². The van der Waals surface area contributed by atoms with Gasteiger partial charge < -0.3 is 15.6 Å². The molecular weight excluding hydrogens is 564 g/mol. The number of aliphatic hydroxyl groups is 1. The van der Waals surface area contributed by atoms with Crippen LogP contribution in [0.25, 0.3) is 0 Å². The highest BCUT2D eigenvalue weighted by atomic mass is 32.2. The Morgan fingerprint density at radius 1 is 1.21 bits per heavy atom.